The highest BCUT2D eigenvalue weighted by atomic mass is 16.7. The Kier molecular flexibility index (Phi) is 1.79. The van der Waals surface area contributed by atoms with Gasteiger partial charge in [0, 0.05) is 19.2 Å². The molecule has 0 spiro atoms. The molecular formula is C12H19BN2O2. The van der Waals surface area contributed by atoms with Gasteiger partial charge in [-0.1, -0.05) is 6.85 Å². The van der Waals surface area contributed by atoms with Crippen LogP contribution in [0.1, 0.15) is 47.1 Å². The minimum Gasteiger partial charge on any atom is -0.398 e. The van der Waals surface area contributed by atoms with Crippen LogP contribution in [0.3, 0.4) is 0 Å². The van der Waals surface area contributed by atoms with E-state index in [2.05, 4.69) is 9.97 Å². The summed E-state index contributed by atoms with van der Waals surface area (Å²) in [6.07, 6.45) is -0.0952. The van der Waals surface area contributed by atoms with Crippen LogP contribution in [-0.4, -0.2) is 28.3 Å². The highest BCUT2D eigenvalue weighted by Crippen LogP contribution is 2.36. The van der Waals surface area contributed by atoms with Crippen molar-refractivity contribution in [3.8, 4) is 0 Å². The molecule has 0 aromatic carbocycles. The van der Waals surface area contributed by atoms with Gasteiger partial charge in [0.2, 0.25) is 0 Å². The second-order valence-corrected chi connectivity index (χ2v) is 5.04. The third-order valence-corrected chi connectivity index (χ3v) is 3.28. The molecule has 0 saturated carbocycles. The zero-order valence-corrected chi connectivity index (χ0v) is 10.4. The summed E-state index contributed by atoms with van der Waals surface area (Å²) >= 11 is 0. The van der Waals surface area contributed by atoms with Gasteiger partial charge >= 0.3 is 7.12 Å². The van der Waals surface area contributed by atoms with Crippen molar-refractivity contribution in [2.24, 2.45) is 0 Å². The number of hydrogen-bond donors (Lipinski definition) is 0. The van der Waals surface area contributed by atoms with Crippen molar-refractivity contribution < 1.29 is 16.2 Å². The molecule has 0 atom stereocenters. The summed E-state index contributed by atoms with van der Waals surface area (Å²) in [4.78, 5) is 7.97. The van der Waals surface area contributed by atoms with Gasteiger partial charge in [0.1, 0.15) is 0 Å². The van der Waals surface area contributed by atoms with Crippen LogP contribution in [0.5, 0.6) is 0 Å². The van der Waals surface area contributed by atoms with E-state index in [0.717, 1.165) is 6.20 Å². The quantitative estimate of drug-likeness (QED) is 0.730. The number of nitrogens with zero attached hydrogens (tertiary/aromatic N) is 2. The molecule has 1 aromatic heterocycles. The Labute approximate surface area is 110 Å². The van der Waals surface area contributed by atoms with Gasteiger partial charge < -0.3 is 9.31 Å². The highest BCUT2D eigenvalue weighted by Gasteiger charge is 2.52. The normalized spacial score (nSPS) is 27.8. The lowest BCUT2D eigenvalue weighted by atomic mass is 9.85. The highest BCUT2D eigenvalue weighted by molar-refractivity contribution is 6.61. The largest absolute Gasteiger partial charge is 0.516 e. The molecule has 1 aliphatic heterocycles. The van der Waals surface area contributed by atoms with Crippen molar-refractivity contribution >= 4 is 12.7 Å². The summed E-state index contributed by atoms with van der Waals surface area (Å²) < 4.78 is 49.1. The predicted molar refractivity (Wildman–Crippen MR) is 67.1 cm³/mol. The second-order valence-electron chi connectivity index (χ2n) is 5.04. The van der Waals surface area contributed by atoms with Gasteiger partial charge in [-0.15, -0.1) is 0 Å². The molecule has 2 rings (SSSR count). The van der Waals surface area contributed by atoms with Gasteiger partial charge in [0.05, 0.1) is 22.5 Å². The molecule has 1 aromatic rings. The first kappa shape index (κ1) is 7.49. The average molecular weight is 239 g/mol. The van der Waals surface area contributed by atoms with Gasteiger partial charge in [-0.3, -0.25) is 9.97 Å². The topological polar surface area (TPSA) is 44.2 Å². The van der Waals surface area contributed by atoms with Crippen LogP contribution in [0.15, 0.2) is 12.4 Å². The van der Waals surface area contributed by atoms with Gasteiger partial charge in [-0.25, -0.2) is 0 Å². The standard InChI is InChI=1S/C12H19BN2O2/c1-6-9-7-14-8-10(15-9)13-16-11(2,3)12(4,5)17-13/h7-8H,6H2,1-5H3/i1D3,6D2. The van der Waals surface area contributed by atoms with E-state index in [9.17, 15) is 0 Å². The minimum absolute atomic E-state index is 0.254. The Balaban J connectivity index is 2.35. The first-order valence-corrected chi connectivity index (χ1v) is 5.46. The number of aromatic nitrogens is 2. The van der Waals surface area contributed by atoms with Crippen LogP contribution in [-0.2, 0) is 15.7 Å². The molecule has 92 valence electrons. The van der Waals surface area contributed by atoms with E-state index in [1.165, 1.54) is 6.20 Å². The van der Waals surface area contributed by atoms with Crippen LogP contribution in [0.2, 0.25) is 0 Å². The maximum absolute atomic E-state index is 7.76. The van der Waals surface area contributed by atoms with E-state index in [0.29, 0.717) is 0 Å². The second kappa shape index (κ2) is 4.07. The SMILES string of the molecule is [2H]C([2H])([2H])C([2H])([2H])c1cncc(B2OC(C)(C)C(C)(C)O2)n1. The summed E-state index contributed by atoms with van der Waals surface area (Å²) in [7, 11) is -0.815. The Morgan fingerprint density at radius 3 is 2.53 bits per heavy atom. The third kappa shape index (κ3) is 2.22. The van der Waals surface area contributed by atoms with Crippen molar-refractivity contribution in [3.63, 3.8) is 0 Å². The predicted octanol–water partition coefficient (Wildman–Crippen LogP) is 1.34. The average Bonchev–Trinajstić information content (AvgIpc) is 2.57. The first-order chi connectivity index (χ1) is 9.78. The van der Waals surface area contributed by atoms with Gasteiger partial charge in [0.25, 0.3) is 0 Å². The smallest absolute Gasteiger partial charge is 0.398 e. The molecule has 0 aliphatic carbocycles. The Hall–Kier alpha value is -0.935. The van der Waals surface area contributed by atoms with E-state index in [1.807, 2.05) is 27.7 Å². The van der Waals surface area contributed by atoms with E-state index in [-0.39, 0.29) is 11.3 Å². The van der Waals surface area contributed by atoms with E-state index < -0.39 is 31.5 Å². The molecule has 0 unspecified atom stereocenters. The number of hydrogen-bond acceptors (Lipinski definition) is 4. The lowest BCUT2D eigenvalue weighted by molar-refractivity contribution is 0.00578. The fraction of sp³-hybridized carbons (Fsp3) is 0.667. The van der Waals surface area contributed by atoms with Crippen LogP contribution < -0.4 is 5.59 Å². The van der Waals surface area contributed by atoms with E-state index in [1.54, 1.807) is 0 Å². The third-order valence-electron chi connectivity index (χ3n) is 3.28. The van der Waals surface area contributed by atoms with Crippen molar-refractivity contribution in [3.05, 3.63) is 18.1 Å². The maximum atomic E-state index is 7.76. The summed E-state index contributed by atoms with van der Waals surface area (Å²) in [5.74, 6) is 0. The lowest BCUT2D eigenvalue weighted by Gasteiger charge is -2.32. The summed E-state index contributed by atoms with van der Waals surface area (Å²) in [6, 6.07) is 0. The van der Waals surface area contributed by atoms with E-state index >= 15 is 0 Å². The molecule has 17 heavy (non-hydrogen) atoms. The Morgan fingerprint density at radius 1 is 1.29 bits per heavy atom. The summed E-state index contributed by atoms with van der Waals surface area (Å²) in [5.41, 5.74) is -1.15. The molecule has 4 nitrogen and oxygen atoms in total. The number of aryl methyl sites for hydroxylation is 1. The molecule has 1 fully saturated rings. The van der Waals surface area contributed by atoms with Crippen molar-refractivity contribution in [1.82, 2.24) is 9.97 Å². The molecule has 0 bridgehead atoms. The maximum Gasteiger partial charge on any atom is 0.516 e. The zero-order chi connectivity index (χ0) is 17.0. The molecule has 0 N–H and O–H groups in total. The monoisotopic (exact) mass is 239 g/mol. The van der Waals surface area contributed by atoms with Gasteiger partial charge in [-0.2, -0.15) is 0 Å². The molecule has 2 heterocycles. The van der Waals surface area contributed by atoms with Crippen molar-refractivity contribution in [2.45, 2.75) is 52.1 Å². The molecule has 0 radical (unpaired) electrons. The van der Waals surface area contributed by atoms with Crippen LogP contribution in [0.25, 0.3) is 0 Å². The Morgan fingerprint density at radius 2 is 1.94 bits per heavy atom. The van der Waals surface area contributed by atoms with Crippen LogP contribution >= 0.6 is 0 Å². The molecular weight excluding hydrogens is 215 g/mol. The van der Waals surface area contributed by atoms with Crippen molar-refractivity contribution in [1.29, 1.82) is 0 Å². The molecule has 1 saturated heterocycles. The number of rotatable bonds is 2. The Bertz CT molecular complexity index is 561. The molecule has 0 amide bonds. The van der Waals surface area contributed by atoms with Gasteiger partial charge in [-0.05, 0) is 34.1 Å². The van der Waals surface area contributed by atoms with E-state index in [4.69, 9.17) is 16.2 Å². The van der Waals surface area contributed by atoms with Gasteiger partial charge in [0.15, 0.2) is 0 Å². The summed E-state index contributed by atoms with van der Waals surface area (Å²) in [5, 5.41) is 0. The molecule has 1 aliphatic rings. The van der Waals surface area contributed by atoms with Crippen LogP contribution in [0, 0.1) is 0 Å². The first-order valence-electron chi connectivity index (χ1n) is 7.96. The zero-order valence-electron chi connectivity index (χ0n) is 15.4. The van der Waals surface area contributed by atoms with Crippen LogP contribution in [0.4, 0.5) is 0 Å². The van der Waals surface area contributed by atoms with Crippen molar-refractivity contribution in [2.75, 3.05) is 0 Å². The minimum atomic E-state index is -2.84. The fourth-order valence-corrected chi connectivity index (χ4v) is 1.52. The fourth-order valence-electron chi connectivity index (χ4n) is 1.52. The lowest BCUT2D eigenvalue weighted by Crippen LogP contribution is -2.41. The molecule has 5 heteroatoms. The summed E-state index contributed by atoms with van der Waals surface area (Å²) in [6.45, 7) is 4.69.